The van der Waals surface area contributed by atoms with Crippen molar-refractivity contribution in [3.63, 3.8) is 0 Å². The molecule has 0 saturated carbocycles. The summed E-state index contributed by atoms with van der Waals surface area (Å²) in [7, 11) is 9.61. The predicted molar refractivity (Wildman–Crippen MR) is 350 cm³/mol. The van der Waals surface area contributed by atoms with Crippen LogP contribution in [-0.4, -0.2) is 241 Å². The SMILES string of the molecule is CCO[C@@H]1C[C@H]2C(=O)N(C)[C@@H](Cc3ccccc3)C(=O)N(C)[C@@H](CC(C)C)C(=O)N[C@H](C)CC(=O)N(C)[C@@H](C)C(=O)N[C@@H]([C@@H](C)CC)C(=O)N(C)CC(=O)N(C)CC(=O)N(C)[C@@H](Cc3ccc(Cl)cc3)C(=O)N(C)CC(=O)N[C@@H](CCc3ccc(C(F)(F)F)cc3)C(=O)N2C1. The van der Waals surface area contributed by atoms with Gasteiger partial charge in [-0.25, -0.2) is 0 Å². The van der Waals surface area contributed by atoms with Crippen LogP contribution in [0.15, 0.2) is 78.9 Å². The standard InChI is InChI=1S/C68H95ClF3N11O12/c1-15-42(5)60-67(94)78(10)39-58(86)76(8)40-59(87)80(12)53(35-47-24-29-49(69)30-25-47)64(91)77(9)38-56(84)74-51(31-26-45-22-27-48(28-23-45)68(70,71)72)63(90)83-37-50(95-16-2)36-55(83)66(93)82(14)54(34-46-20-18-17-19-21-46)65(92)81(13)52(32-41(3)4)62(89)73-43(6)33-57(85)79(11)44(7)61(88)75-60/h17-25,27-30,41-44,50-55,60H,15-16,26,31-40H2,1-14H3,(H,73,89)(H,74,84)(H,75,88)/t42-,43+,44-,50+,51-,52-,53-,54-,55-,60-/m0/s1. The molecule has 27 heteroatoms. The number of carbonyl (C=O) groups excluding carboxylic acids is 11. The average molecular weight is 1350 g/mol. The Hall–Kier alpha value is -8.13. The Balaban J connectivity index is 1.62. The maximum Gasteiger partial charge on any atom is 0.416 e. The predicted octanol–water partition coefficient (Wildman–Crippen LogP) is 4.46. The molecule has 2 aliphatic rings. The van der Waals surface area contributed by atoms with Gasteiger partial charge >= 0.3 is 6.18 Å². The van der Waals surface area contributed by atoms with Crippen molar-refractivity contribution in [2.75, 3.05) is 82.1 Å². The number of nitrogens with zero attached hydrogens (tertiary/aromatic N) is 8. The van der Waals surface area contributed by atoms with Crippen molar-refractivity contribution in [2.45, 2.75) is 160 Å². The molecule has 0 aromatic heterocycles. The average Bonchev–Trinajstić information content (AvgIpc) is 1.74. The van der Waals surface area contributed by atoms with E-state index in [2.05, 4.69) is 16.0 Å². The molecule has 11 amide bonds. The third-order valence-corrected chi connectivity index (χ3v) is 18.1. The monoisotopic (exact) mass is 1350 g/mol. The minimum Gasteiger partial charge on any atom is -0.377 e. The van der Waals surface area contributed by atoms with Gasteiger partial charge in [0.25, 0.3) is 0 Å². The summed E-state index contributed by atoms with van der Waals surface area (Å²) in [4.78, 5) is 170. The lowest BCUT2D eigenvalue weighted by Crippen LogP contribution is -2.59. The number of ether oxygens (including phenoxy) is 1. The fraction of sp³-hybridized carbons (Fsp3) is 0.574. The van der Waals surface area contributed by atoms with E-state index >= 15 is 14.4 Å². The number of fused-ring (bicyclic) bond motifs is 1. The first-order chi connectivity index (χ1) is 44.6. The number of rotatable bonds is 13. The van der Waals surface area contributed by atoms with Crippen LogP contribution in [-0.2, 0) is 82.9 Å². The summed E-state index contributed by atoms with van der Waals surface area (Å²) in [5.41, 5.74) is 0.660. The van der Waals surface area contributed by atoms with E-state index in [9.17, 15) is 51.5 Å². The van der Waals surface area contributed by atoms with E-state index in [0.29, 0.717) is 28.1 Å². The first-order valence-corrected chi connectivity index (χ1v) is 32.5. The highest BCUT2D eigenvalue weighted by molar-refractivity contribution is 6.30. The van der Waals surface area contributed by atoms with E-state index < -0.39 is 157 Å². The van der Waals surface area contributed by atoms with Gasteiger partial charge in [-0.3, -0.25) is 52.7 Å². The van der Waals surface area contributed by atoms with Gasteiger partial charge in [0.1, 0.15) is 42.3 Å². The van der Waals surface area contributed by atoms with E-state index in [1.807, 2.05) is 20.8 Å². The van der Waals surface area contributed by atoms with Gasteiger partial charge in [-0.1, -0.05) is 100 Å². The second-order valence-electron chi connectivity index (χ2n) is 25.6. The fourth-order valence-corrected chi connectivity index (χ4v) is 11.7. The number of nitrogens with one attached hydrogen (secondary N) is 3. The number of carbonyl (C=O) groups is 11. The van der Waals surface area contributed by atoms with Crippen molar-refractivity contribution >= 4 is 76.6 Å². The van der Waals surface area contributed by atoms with Crippen molar-refractivity contribution in [3.05, 3.63) is 106 Å². The van der Waals surface area contributed by atoms with Gasteiger partial charge in [0.05, 0.1) is 31.3 Å². The Morgan fingerprint density at radius 2 is 1.14 bits per heavy atom. The highest BCUT2D eigenvalue weighted by atomic mass is 35.5. The number of aryl methyl sites for hydroxylation is 1. The zero-order chi connectivity index (χ0) is 70.9. The molecule has 10 atom stereocenters. The van der Waals surface area contributed by atoms with E-state index in [-0.39, 0.29) is 64.0 Å². The van der Waals surface area contributed by atoms with Gasteiger partial charge in [0, 0.05) is 99.2 Å². The molecule has 2 fully saturated rings. The molecule has 2 heterocycles. The molecule has 0 radical (unpaired) electrons. The Bertz CT molecular complexity index is 3180. The lowest BCUT2D eigenvalue weighted by Gasteiger charge is -2.37. The molecule has 95 heavy (non-hydrogen) atoms. The smallest absolute Gasteiger partial charge is 0.377 e. The van der Waals surface area contributed by atoms with Crippen LogP contribution in [0.1, 0.15) is 103 Å². The molecule has 5 rings (SSSR count). The topological polar surface area (TPSA) is 259 Å². The second-order valence-corrected chi connectivity index (χ2v) is 26.0. The number of alkyl halides is 3. The molecule has 3 N–H and O–H groups in total. The van der Waals surface area contributed by atoms with Gasteiger partial charge in [0.15, 0.2) is 0 Å². The van der Waals surface area contributed by atoms with Gasteiger partial charge in [0.2, 0.25) is 65.0 Å². The normalized spacial score (nSPS) is 24.7. The molecule has 522 valence electrons. The van der Waals surface area contributed by atoms with Crippen LogP contribution < -0.4 is 16.0 Å². The number of halogens is 4. The molecule has 3 aromatic carbocycles. The zero-order valence-electron chi connectivity index (χ0n) is 57.0. The van der Waals surface area contributed by atoms with E-state index in [1.54, 1.807) is 75.4 Å². The molecule has 2 aliphatic heterocycles. The summed E-state index contributed by atoms with van der Waals surface area (Å²) in [6.45, 7) is 10.2. The Morgan fingerprint density at radius 3 is 1.72 bits per heavy atom. The Morgan fingerprint density at radius 1 is 0.579 bits per heavy atom. The van der Waals surface area contributed by atoms with Crippen LogP contribution >= 0.6 is 11.6 Å². The number of hydrogen-bond acceptors (Lipinski definition) is 12. The van der Waals surface area contributed by atoms with Gasteiger partial charge < -0.3 is 59.9 Å². The maximum absolute atomic E-state index is 15.4. The lowest BCUT2D eigenvalue weighted by atomic mass is 9.97. The van der Waals surface area contributed by atoms with Gasteiger partial charge in [-0.05, 0) is 92.8 Å². The molecule has 23 nitrogen and oxygen atoms in total. The molecule has 0 bridgehead atoms. The quantitative estimate of drug-likeness (QED) is 0.215. The number of hydrogen-bond donors (Lipinski definition) is 3. The van der Waals surface area contributed by atoms with Crippen LogP contribution in [0.25, 0.3) is 0 Å². The van der Waals surface area contributed by atoms with Crippen LogP contribution in [0.3, 0.4) is 0 Å². The third kappa shape index (κ3) is 21.4. The molecule has 0 aliphatic carbocycles. The van der Waals surface area contributed by atoms with Crippen molar-refractivity contribution in [2.24, 2.45) is 11.8 Å². The first-order valence-electron chi connectivity index (χ1n) is 32.1. The number of benzene rings is 3. The molecule has 0 spiro atoms. The second kappa shape index (κ2) is 35.0. The molecular formula is C68H95ClF3N11O12. The summed E-state index contributed by atoms with van der Waals surface area (Å²) in [5.74, 6) is -8.26. The Kier molecular flexibility index (Phi) is 28.6. The van der Waals surface area contributed by atoms with Crippen LogP contribution in [0.2, 0.25) is 5.02 Å². The zero-order valence-corrected chi connectivity index (χ0v) is 57.8. The molecular weight excluding hydrogens is 1260 g/mol. The van der Waals surface area contributed by atoms with Crippen molar-refractivity contribution in [3.8, 4) is 0 Å². The summed E-state index contributed by atoms with van der Waals surface area (Å²) >= 11 is 6.22. The minimum atomic E-state index is -4.64. The third-order valence-electron chi connectivity index (χ3n) is 17.8. The van der Waals surface area contributed by atoms with Crippen molar-refractivity contribution in [1.29, 1.82) is 0 Å². The summed E-state index contributed by atoms with van der Waals surface area (Å²) in [6, 6.07) is 9.83. The van der Waals surface area contributed by atoms with Crippen LogP contribution in [0.4, 0.5) is 13.2 Å². The van der Waals surface area contributed by atoms with Crippen molar-refractivity contribution in [1.82, 2.24) is 55.1 Å². The summed E-state index contributed by atoms with van der Waals surface area (Å²) in [5, 5.41) is 8.77. The summed E-state index contributed by atoms with van der Waals surface area (Å²) in [6.07, 6.45) is -5.61. The number of amides is 11. The van der Waals surface area contributed by atoms with Crippen molar-refractivity contribution < 1.29 is 70.6 Å². The Labute approximate surface area is 560 Å². The van der Waals surface area contributed by atoms with Gasteiger partial charge in [-0.15, -0.1) is 0 Å². The minimum absolute atomic E-state index is 0.0525. The largest absolute Gasteiger partial charge is 0.416 e. The first kappa shape index (κ1) is 77.6. The fourth-order valence-electron chi connectivity index (χ4n) is 11.5. The number of likely N-dealkylation sites (N-methyl/N-ethyl adjacent to an activating group) is 7. The van der Waals surface area contributed by atoms with E-state index in [4.69, 9.17) is 16.3 Å². The van der Waals surface area contributed by atoms with E-state index in [1.165, 1.54) is 88.0 Å². The highest BCUT2D eigenvalue weighted by Crippen LogP contribution is 2.31. The van der Waals surface area contributed by atoms with Crippen LogP contribution in [0.5, 0.6) is 0 Å². The lowest BCUT2D eigenvalue weighted by molar-refractivity contribution is -0.152. The van der Waals surface area contributed by atoms with E-state index in [0.717, 1.165) is 31.7 Å². The highest BCUT2D eigenvalue weighted by Gasteiger charge is 2.47. The molecule has 0 unspecified atom stereocenters. The van der Waals surface area contributed by atoms with Gasteiger partial charge in [-0.2, -0.15) is 13.2 Å². The summed E-state index contributed by atoms with van der Waals surface area (Å²) < 4.78 is 47.2. The maximum atomic E-state index is 15.4. The molecule has 2 saturated heterocycles. The molecule has 3 aromatic rings. The van der Waals surface area contributed by atoms with Crippen LogP contribution in [0, 0.1) is 11.8 Å².